The minimum Gasteiger partial charge on any atom is -0.265 e. The molecule has 0 bridgehead atoms. The Hall–Kier alpha value is -3.79. The molecule has 29 heavy (non-hydrogen) atoms. The Labute approximate surface area is 168 Å². The van der Waals surface area contributed by atoms with Gasteiger partial charge in [-0.3, -0.25) is 4.98 Å². The molecular weight excluding hydrogens is 361 g/mol. The summed E-state index contributed by atoms with van der Waals surface area (Å²) in [4.78, 5) is 4.15. The van der Waals surface area contributed by atoms with E-state index in [2.05, 4.69) is 35.3 Å². The SMILES string of the molecule is Fc1ccc(-c2nn3c(Cc4ccccc4)cccc3c2-c2ccncc2)cc1. The molecule has 0 spiro atoms. The Balaban J connectivity index is 1.74. The number of halogens is 1. The third-order valence-corrected chi connectivity index (χ3v) is 5.05. The lowest BCUT2D eigenvalue weighted by molar-refractivity contribution is 0.628. The second kappa shape index (κ2) is 7.32. The fourth-order valence-electron chi connectivity index (χ4n) is 3.68. The summed E-state index contributed by atoms with van der Waals surface area (Å²) in [5, 5.41) is 4.96. The van der Waals surface area contributed by atoms with Gasteiger partial charge in [0.25, 0.3) is 0 Å². The number of rotatable bonds is 4. The van der Waals surface area contributed by atoms with Crippen LogP contribution in [0.3, 0.4) is 0 Å². The summed E-state index contributed by atoms with van der Waals surface area (Å²) in [6.45, 7) is 0. The molecule has 0 radical (unpaired) electrons. The highest BCUT2D eigenvalue weighted by molar-refractivity contribution is 5.92. The van der Waals surface area contributed by atoms with Gasteiger partial charge < -0.3 is 0 Å². The largest absolute Gasteiger partial charge is 0.265 e. The molecule has 3 aromatic heterocycles. The third-order valence-electron chi connectivity index (χ3n) is 5.05. The van der Waals surface area contributed by atoms with Crippen molar-refractivity contribution < 1.29 is 4.39 Å². The molecule has 3 heterocycles. The predicted molar refractivity (Wildman–Crippen MR) is 113 cm³/mol. The predicted octanol–water partition coefficient (Wildman–Crippen LogP) is 5.79. The first-order valence-corrected chi connectivity index (χ1v) is 9.50. The minimum atomic E-state index is -0.257. The summed E-state index contributed by atoms with van der Waals surface area (Å²) >= 11 is 0. The third kappa shape index (κ3) is 3.29. The Morgan fingerprint density at radius 2 is 1.48 bits per heavy atom. The smallest absolute Gasteiger partial charge is 0.123 e. The van der Waals surface area contributed by atoms with Gasteiger partial charge in [-0.1, -0.05) is 36.4 Å². The number of aromatic nitrogens is 3. The van der Waals surface area contributed by atoms with Gasteiger partial charge in [-0.25, -0.2) is 8.91 Å². The molecule has 4 heteroatoms. The zero-order valence-corrected chi connectivity index (χ0v) is 15.7. The highest BCUT2D eigenvalue weighted by atomic mass is 19.1. The van der Waals surface area contributed by atoms with E-state index in [4.69, 9.17) is 5.10 Å². The van der Waals surface area contributed by atoms with E-state index in [9.17, 15) is 4.39 Å². The van der Waals surface area contributed by atoms with Crippen LogP contribution < -0.4 is 0 Å². The number of pyridine rings is 2. The lowest BCUT2D eigenvalue weighted by atomic mass is 10.0. The number of benzene rings is 2. The van der Waals surface area contributed by atoms with Crippen molar-refractivity contribution in [3.8, 4) is 22.4 Å². The highest BCUT2D eigenvalue weighted by Gasteiger charge is 2.18. The molecule has 0 aliphatic heterocycles. The molecule has 5 aromatic rings. The van der Waals surface area contributed by atoms with E-state index in [1.165, 1.54) is 17.7 Å². The fraction of sp³-hybridized carbons (Fsp3) is 0.0400. The lowest BCUT2D eigenvalue weighted by Crippen LogP contribution is -1.99. The van der Waals surface area contributed by atoms with E-state index in [0.29, 0.717) is 0 Å². The van der Waals surface area contributed by atoms with E-state index >= 15 is 0 Å². The standard InChI is InChI=1S/C25H18FN3/c26-21-11-9-20(10-12-21)25-24(19-13-15-27-16-14-19)23-8-4-7-22(29(23)28-25)17-18-5-2-1-3-6-18/h1-16H,17H2. The number of fused-ring (bicyclic) bond motifs is 1. The summed E-state index contributed by atoms with van der Waals surface area (Å²) < 4.78 is 15.5. The molecule has 0 aliphatic rings. The molecule has 0 aliphatic carbocycles. The van der Waals surface area contributed by atoms with Crippen LogP contribution in [0.25, 0.3) is 27.9 Å². The second-order valence-corrected chi connectivity index (χ2v) is 6.94. The fourth-order valence-corrected chi connectivity index (χ4v) is 3.68. The van der Waals surface area contributed by atoms with Crippen molar-refractivity contribution in [3.05, 3.63) is 114 Å². The van der Waals surface area contributed by atoms with Crippen LogP contribution in [-0.4, -0.2) is 14.6 Å². The van der Waals surface area contributed by atoms with E-state index in [1.807, 2.05) is 34.8 Å². The number of nitrogens with zero attached hydrogens (tertiary/aromatic N) is 3. The van der Waals surface area contributed by atoms with Crippen LogP contribution in [0.5, 0.6) is 0 Å². The summed E-state index contributed by atoms with van der Waals surface area (Å²) in [6, 6.07) is 27.0. The van der Waals surface area contributed by atoms with E-state index < -0.39 is 0 Å². The van der Waals surface area contributed by atoms with Crippen molar-refractivity contribution in [2.45, 2.75) is 6.42 Å². The molecule has 0 unspecified atom stereocenters. The Morgan fingerprint density at radius 1 is 0.724 bits per heavy atom. The first kappa shape index (κ1) is 17.3. The van der Waals surface area contributed by atoms with Crippen molar-refractivity contribution >= 4 is 5.52 Å². The Morgan fingerprint density at radius 3 is 2.24 bits per heavy atom. The number of hydrogen-bond acceptors (Lipinski definition) is 2. The quantitative estimate of drug-likeness (QED) is 0.395. The molecule has 5 rings (SSSR count). The molecular formula is C25H18FN3. The molecule has 0 fully saturated rings. The summed E-state index contributed by atoms with van der Waals surface area (Å²) in [6.07, 6.45) is 4.33. The average Bonchev–Trinajstić information content (AvgIpc) is 3.16. The van der Waals surface area contributed by atoms with Crippen LogP contribution in [0.15, 0.2) is 97.3 Å². The van der Waals surface area contributed by atoms with E-state index in [1.54, 1.807) is 24.5 Å². The van der Waals surface area contributed by atoms with Crippen LogP contribution in [0, 0.1) is 5.82 Å². The molecule has 140 valence electrons. The van der Waals surface area contributed by atoms with Gasteiger partial charge in [-0.05, 0) is 59.7 Å². The van der Waals surface area contributed by atoms with E-state index in [-0.39, 0.29) is 5.82 Å². The maximum absolute atomic E-state index is 13.5. The molecule has 0 N–H and O–H groups in total. The molecule has 0 amide bonds. The van der Waals surface area contributed by atoms with Gasteiger partial charge in [-0.2, -0.15) is 5.10 Å². The summed E-state index contributed by atoms with van der Waals surface area (Å²) in [7, 11) is 0. The first-order valence-electron chi connectivity index (χ1n) is 9.50. The van der Waals surface area contributed by atoms with Crippen LogP contribution in [0.2, 0.25) is 0 Å². The van der Waals surface area contributed by atoms with Crippen LogP contribution >= 0.6 is 0 Å². The molecule has 3 nitrogen and oxygen atoms in total. The van der Waals surface area contributed by atoms with Gasteiger partial charge in [0.1, 0.15) is 11.5 Å². The molecule has 0 atom stereocenters. The Bertz CT molecular complexity index is 1260. The second-order valence-electron chi connectivity index (χ2n) is 6.94. The van der Waals surface area contributed by atoms with Crippen molar-refractivity contribution in [3.63, 3.8) is 0 Å². The van der Waals surface area contributed by atoms with Gasteiger partial charge in [-0.15, -0.1) is 0 Å². The zero-order chi connectivity index (χ0) is 19.6. The van der Waals surface area contributed by atoms with Crippen LogP contribution in [-0.2, 0) is 6.42 Å². The van der Waals surface area contributed by atoms with Gasteiger partial charge in [0.2, 0.25) is 0 Å². The van der Waals surface area contributed by atoms with Crippen LogP contribution in [0.4, 0.5) is 4.39 Å². The van der Waals surface area contributed by atoms with Gasteiger partial charge in [0, 0.05) is 35.6 Å². The van der Waals surface area contributed by atoms with Crippen molar-refractivity contribution in [2.75, 3.05) is 0 Å². The van der Waals surface area contributed by atoms with Gasteiger partial charge in [0.15, 0.2) is 0 Å². The van der Waals surface area contributed by atoms with E-state index in [0.717, 1.165) is 40.0 Å². The minimum absolute atomic E-state index is 0.257. The van der Waals surface area contributed by atoms with Gasteiger partial charge >= 0.3 is 0 Å². The summed E-state index contributed by atoms with van der Waals surface area (Å²) in [5.41, 5.74) is 7.11. The normalized spacial score (nSPS) is 11.1. The number of hydrogen-bond donors (Lipinski definition) is 0. The van der Waals surface area contributed by atoms with Gasteiger partial charge in [0.05, 0.1) is 5.52 Å². The maximum Gasteiger partial charge on any atom is 0.123 e. The monoisotopic (exact) mass is 379 g/mol. The maximum atomic E-state index is 13.5. The molecule has 0 saturated carbocycles. The van der Waals surface area contributed by atoms with Crippen molar-refractivity contribution in [1.29, 1.82) is 0 Å². The zero-order valence-electron chi connectivity index (χ0n) is 15.7. The lowest BCUT2D eigenvalue weighted by Gasteiger charge is -2.06. The average molecular weight is 379 g/mol. The molecule has 0 saturated heterocycles. The Kier molecular flexibility index (Phi) is 4.37. The molecule has 2 aromatic carbocycles. The summed E-state index contributed by atoms with van der Waals surface area (Å²) in [5.74, 6) is -0.257. The highest BCUT2D eigenvalue weighted by Crippen LogP contribution is 2.35. The van der Waals surface area contributed by atoms with Crippen molar-refractivity contribution in [1.82, 2.24) is 14.6 Å². The topological polar surface area (TPSA) is 30.2 Å². The van der Waals surface area contributed by atoms with Crippen molar-refractivity contribution in [2.24, 2.45) is 0 Å². The first-order chi connectivity index (χ1) is 14.3. The van der Waals surface area contributed by atoms with Crippen LogP contribution in [0.1, 0.15) is 11.3 Å².